The predicted molar refractivity (Wildman–Crippen MR) is 121 cm³/mol. The van der Waals surface area contributed by atoms with Crippen molar-refractivity contribution >= 4 is 16.8 Å². The lowest BCUT2D eigenvalue weighted by molar-refractivity contribution is 0.0949. The summed E-state index contributed by atoms with van der Waals surface area (Å²) in [4.78, 5) is 43.0. The van der Waals surface area contributed by atoms with Crippen LogP contribution in [-0.2, 0) is 6.54 Å². The minimum atomic E-state index is -0.542. The van der Waals surface area contributed by atoms with Crippen LogP contribution in [0.4, 0.5) is 0 Å². The van der Waals surface area contributed by atoms with Gasteiger partial charge in [-0.2, -0.15) is 0 Å². The van der Waals surface area contributed by atoms with Gasteiger partial charge in [-0.1, -0.05) is 19.9 Å². The summed E-state index contributed by atoms with van der Waals surface area (Å²) < 4.78 is 11.8. The van der Waals surface area contributed by atoms with E-state index in [0.717, 1.165) is 29.8 Å². The van der Waals surface area contributed by atoms with Gasteiger partial charge in [-0.3, -0.25) is 14.2 Å². The lowest BCUT2D eigenvalue weighted by atomic mass is 10.1. The molecule has 0 aliphatic carbocycles. The molecule has 0 fully saturated rings. The number of rotatable bonds is 8. The number of nitrogens with zero attached hydrogens (tertiary/aromatic N) is 2. The van der Waals surface area contributed by atoms with Gasteiger partial charge in [0.05, 0.1) is 17.4 Å². The first kappa shape index (κ1) is 21.6. The van der Waals surface area contributed by atoms with E-state index in [2.05, 4.69) is 29.0 Å². The molecule has 0 spiro atoms. The molecule has 1 amide bonds. The van der Waals surface area contributed by atoms with E-state index in [9.17, 15) is 14.4 Å². The summed E-state index contributed by atoms with van der Waals surface area (Å²) >= 11 is 0. The van der Waals surface area contributed by atoms with Gasteiger partial charge in [-0.05, 0) is 49.0 Å². The van der Waals surface area contributed by atoms with Crippen molar-refractivity contribution in [1.82, 2.24) is 19.8 Å². The molecule has 0 radical (unpaired) electrons. The summed E-state index contributed by atoms with van der Waals surface area (Å²) in [6, 6.07) is 10.0. The van der Waals surface area contributed by atoms with Crippen LogP contribution in [0.2, 0.25) is 0 Å². The van der Waals surface area contributed by atoms with E-state index in [-0.39, 0.29) is 19.2 Å². The van der Waals surface area contributed by atoms with Crippen LogP contribution in [0.3, 0.4) is 0 Å². The summed E-state index contributed by atoms with van der Waals surface area (Å²) in [6.07, 6.45) is 0. The number of fused-ring (bicyclic) bond motifs is 2. The van der Waals surface area contributed by atoms with Gasteiger partial charge in [0.2, 0.25) is 6.79 Å². The van der Waals surface area contributed by atoms with Crippen LogP contribution < -0.4 is 26.0 Å². The Balaban J connectivity index is 1.55. The van der Waals surface area contributed by atoms with Crippen LogP contribution in [-0.4, -0.2) is 53.3 Å². The van der Waals surface area contributed by atoms with Crippen molar-refractivity contribution in [3.05, 3.63) is 68.4 Å². The number of amides is 1. The highest BCUT2D eigenvalue weighted by atomic mass is 16.7. The molecule has 2 heterocycles. The first-order valence-corrected chi connectivity index (χ1v) is 10.7. The Bertz CT molecular complexity index is 1260. The molecule has 0 bridgehead atoms. The summed E-state index contributed by atoms with van der Waals surface area (Å²) in [5, 5.41) is 3.22. The van der Waals surface area contributed by atoms with Crippen molar-refractivity contribution in [2.75, 3.05) is 33.0 Å². The third-order valence-electron chi connectivity index (χ3n) is 5.63. The molecule has 32 heavy (non-hydrogen) atoms. The smallest absolute Gasteiger partial charge is 0.329 e. The molecule has 0 atom stereocenters. The topological polar surface area (TPSA) is 106 Å². The van der Waals surface area contributed by atoms with E-state index in [1.807, 2.05) is 0 Å². The van der Waals surface area contributed by atoms with Gasteiger partial charge in [-0.25, -0.2) is 4.79 Å². The number of benzene rings is 2. The second-order valence-corrected chi connectivity index (χ2v) is 7.55. The van der Waals surface area contributed by atoms with Crippen LogP contribution in [0.15, 0.2) is 46.0 Å². The molecule has 2 N–H and O–H groups in total. The second kappa shape index (κ2) is 9.27. The van der Waals surface area contributed by atoms with Crippen molar-refractivity contribution in [3.63, 3.8) is 0 Å². The molecule has 0 saturated heterocycles. The molecule has 1 aliphatic heterocycles. The van der Waals surface area contributed by atoms with Crippen molar-refractivity contribution in [2.45, 2.75) is 20.4 Å². The molecule has 2 aromatic carbocycles. The Hall–Kier alpha value is -3.59. The van der Waals surface area contributed by atoms with Crippen molar-refractivity contribution in [3.8, 4) is 11.5 Å². The fourth-order valence-electron chi connectivity index (χ4n) is 3.73. The van der Waals surface area contributed by atoms with Crippen molar-refractivity contribution in [2.24, 2.45) is 0 Å². The normalized spacial score (nSPS) is 12.5. The Morgan fingerprint density at radius 1 is 1.09 bits per heavy atom. The highest BCUT2D eigenvalue weighted by Gasteiger charge is 2.15. The number of carbonyl (C=O) groups is 1. The van der Waals surface area contributed by atoms with Crippen molar-refractivity contribution < 1.29 is 14.3 Å². The number of likely N-dealkylation sites (N-methyl/N-ethyl adjacent to an activating group) is 1. The lowest BCUT2D eigenvalue weighted by Crippen LogP contribution is -2.36. The van der Waals surface area contributed by atoms with Crippen LogP contribution in [0.1, 0.15) is 29.8 Å². The van der Waals surface area contributed by atoms with Crippen LogP contribution >= 0.6 is 0 Å². The Labute approximate surface area is 184 Å². The summed E-state index contributed by atoms with van der Waals surface area (Å²) in [5.74, 6) is 0.977. The fraction of sp³-hybridized carbons (Fsp3) is 0.348. The van der Waals surface area contributed by atoms with Gasteiger partial charge in [0, 0.05) is 18.7 Å². The monoisotopic (exact) mass is 438 g/mol. The van der Waals surface area contributed by atoms with Crippen LogP contribution in [0.25, 0.3) is 10.9 Å². The van der Waals surface area contributed by atoms with E-state index in [1.165, 1.54) is 6.07 Å². The highest BCUT2D eigenvalue weighted by molar-refractivity contribution is 5.97. The largest absolute Gasteiger partial charge is 0.454 e. The molecule has 1 aliphatic rings. The third kappa shape index (κ3) is 4.38. The van der Waals surface area contributed by atoms with Gasteiger partial charge in [0.15, 0.2) is 11.5 Å². The molecule has 168 valence electrons. The number of hydrogen-bond donors (Lipinski definition) is 2. The van der Waals surface area contributed by atoms with Gasteiger partial charge in [0.25, 0.3) is 11.5 Å². The second-order valence-electron chi connectivity index (χ2n) is 7.55. The maximum Gasteiger partial charge on any atom is 0.329 e. The van der Waals surface area contributed by atoms with Crippen LogP contribution in [0.5, 0.6) is 11.5 Å². The lowest BCUT2D eigenvalue weighted by Gasteiger charge is -2.18. The van der Waals surface area contributed by atoms with Gasteiger partial charge in [-0.15, -0.1) is 0 Å². The zero-order valence-corrected chi connectivity index (χ0v) is 18.1. The van der Waals surface area contributed by atoms with Gasteiger partial charge in [0.1, 0.15) is 0 Å². The number of carbonyl (C=O) groups excluding carboxylic acids is 1. The molecule has 9 nitrogen and oxygen atoms in total. The van der Waals surface area contributed by atoms with Gasteiger partial charge >= 0.3 is 5.69 Å². The molecular formula is C23H26N4O5. The quantitative estimate of drug-likeness (QED) is 0.553. The maximum absolute atomic E-state index is 13.0. The molecule has 0 saturated carbocycles. The summed E-state index contributed by atoms with van der Waals surface area (Å²) in [7, 11) is 0. The molecule has 0 unspecified atom stereocenters. The molecule has 1 aromatic heterocycles. The minimum absolute atomic E-state index is 0.0916. The van der Waals surface area contributed by atoms with E-state index in [1.54, 1.807) is 30.3 Å². The highest BCUT2D eigenvalue weighted by Crippen LogP contribution is 2.32. The number of aromatic amines is 1. The zero-order chi connectivity index (χ0) is 22.7. The molecular weight excluding hydrogens is 412 g/mol. The Morgan fingerprint density at radius 2 is 1.88 bits per heavy atom. The zero-order valence-electron chi connectivity index (χ0n) is 18.1. The predicted octanol–water partition coefficient (Wildman–Crippen LogP) is 1.54. The third-order valence-corrected chi connectivity index (χ3v) is 5.63. The summed E-state index contributed by atoms with van der Waals surface area (Å²) in [6.45, 7) is 7.51. The van der Waals surface area contributed by atoms with E-state index >= 15 is 0 Å². The average molecular weight is 438 g/mol. The number of ether oxygens (including phenoxy) is 2. The molecule has 3 aromatic rings. The van der Waals surface area contributed by atoms with E-state index < -0.39 is 11.2 Å². The number of aromatic nitrogens is 2. The van der Waals surface area contributed by atoms with E-state index in [4.69, 9.17) is 9.47 Å². The Morgan fingerprint density at radius 3 is 2.66 bits per heavy atom. The van der Waals surface area contributed by atoms with Gasteiger partial charge < -0.3 is 24.7 Å². The first-order valence-electron chi connectivity index (χ1n) is 10.7. The maximum atomic E-state index is 13.0. The van der Waals surface area contributed by atoms with Crippen LogP contribution in [0, 0.1) is 0 Å². The Kier molecular flexibility index (Phi) is 6.27. The standard InChI is InChI=1S/C23H26N4O5/c1-3-26(4-2)10-9-24-21(28)16-6-7-17-18(12-16)25-23(30)27(22(17)29)13-15-5-8-19-20(11-15)32-14-31-19/h5-8,11-12H,3-4,9-10,13-14H2,1-2H3,(H,24,28)(H,25,30). The SMILES string of the molecule is CCN(CC)CCNC(=O)c1ccc2c(=O)n(Cc3ccc4c(c3)OCO4)c(=O)[nH]c2c1. The molecule has 4 rings (SSSR count). The fourth-order valence-corrected chi connectivity index (χ4v) is 3.73. The molecule has 9 heteroatoms. The number of nitrogens with one attached hydrogen (secondary N) is 2. The van der Waals surface area contributed by atoms with Crippen molar-refractivity contribution in [1.29, 1.82) is 0 Å². The average Bonchev–Trinajstić information content (AvgIpc) is 3.27. The number of hydrogen-bond acceptors (Lipinski definition) is 6. The first-order chi connectivity index (χ1) is 15.5. The van der Waals surface area contributed by atoms with E-state index in [0.29, 0.717) is 34.5 Å². The minimum Gasteiger partial charge on any atom is -0.454 e. The number of H-pyrrole nitrogens is 1. The summed E-state index contributed by atoms with van der Waals surface area (Å²) in [5.41, 5.74) is 0.499.